The highest BCUT2D eigenvalue weighted by molar-refractivity contribution is 6.30. The Bertz CT molecular complexity index is 899. The number of hydrogen-bond acceptors (Lipinski definition) is 4. The lowest BCUT2D eigenvalue weighted by Crippen LogP contribution is -2.46. The minimum atomic E-state index is -0.320. The number of methoxy groups -OCH3 is 1. The van der Waals surface area contributed by atoms with Gasteiger partial charge in [-0.05, 0) is 42.3 Å². The van der Waals surface area contributed by atoms with Crippen LogP contribution in [-0.4, -0.2) is 63.9 Å². The van der Waals surface area contributed by atoms with Crippen molar-refractivity contribution in [1.82, 2.24) is 10.2 Å². The molecule has 0 aliphatic carbocycles. The summed E-state index contributed by atoms with van der Waals surface area (Å²) in [4.78, 5) is 16.7. The van der Waals surface area contributed by atoms with Gasteiger partial charge in [-0.1, -0.05) is 35.9 Å². The first-order valence-electron chi connectivity index (χ1n) is 10.8. The summed E-state index contributed by atoms with van der Waals surface area (Å²) in [5.74, 6) is -0.320. The van der Waals surface area contributed by atoms with Crippen molar-refractivity contribution in [2.45, 2.75) is 6.42 Å². The van der Waals surface area contributed by atoms with Crippen molar-refractivity contribution in [2.24, 2.45) is 0 Å². The van der Waals surface area contributed by atoms with Crippen molar-refractivity contribution in [2.75, 3.05) is 63.2 Å². The normalized spacial score (nSPS) is 14.7. The Morgan fingerprint density at radius 3 is 2.62 bits per heavy atom. The number of anilines is 2. The first kappa shape index (κ1) is 24.0. The average molecular weight is 461 g/mol. The molecule has 2 N–H and O–H groups in total. The van der Waals surface area contributed by atoms with Gasteiger partial charge in [-0.25, -0.2) is 9.18 Å². The average Bonchev–Trinajstić information content (AvgIpc) is 2.80. The minimum absolute atomic E-state index is 0.306. The number of piperazine rings is 1. The molecule has 8 heteroatoms. The number of rotatable bonds is 9. The van der Waals surface area contributed by atoms with Crippen molar-refractivity contribution < 1.29 is 13.9 Å². The van der Waals surface area contributed by atoms with E-state index in [1.54, 1.807) is 13.2 Å². The summed E-state index contributed by atoms with van der Waals surface area (Å²) in [6.07, 6.45) is 4.96. The molecule has 0 unspecified atom stereocenters. The van der Waals surface area contributed by atoms with E-state index in [4.69, 9.17) is 16.3 Å². The molecule has 1 aliphatic rings. The Kier molecular flexibility index (Phi) is 9.34. The maximum atomic E-state index is 14.0. The second-order valence-electron chi connectivity index (χ2n) is 7.63. The number of hydrogen-bond donors (Lipinski definition) is 2. The van der Waals surface area contributed by atoms with Crippen LogP contribution in [0.3, 0.4) is 0 Å². The molecule has 2 amide bonds. The van der Waals surface area contributed by atoms with Gasteiger partial charge in [0.1, 0.15) is 5.82 Å². The standard InChI is InChI=1S/C24H30ClFN4O2/c1-32-17-3-11-27-24(31)28-22-10-9-21(26)18-23(22)30-15-13-29(14-16-30)12-2-4-19-5-7-20(25)8-6-19/h2,4-10,18H,3,11-17H2,1H3,(H2,27,28,31). The Balaban J connectivity index is 1.52. The molecule has 0 radical (unpaired) electrons. The number of ether oxygens (including phenoxy) is 1. The molecule has 1 saturated heterocycles. The van der Waals surface area contributed by atoms with Gasteiger partial charge in [0.05, 0.1) is 11.4 Å². The third-order valence-electron chi connectivity index (χ3n) is 5.28. The minimum Gasteiger partial charge on any atom is -0.385 e. The summed E-state index contributed by atoms with van der Waals surface area (Å²) >= 11 is 5.92. The lowest BCUT2D eigenvalue weighted by Gasteiger charge is -2.36. The van der Waals surface area contributed by atoms with Gasteiger partial charge in [0.15, 0.2) is 0 Å². The molecule has 2 aromatic carbocycles. The SMILES string of the molecule is COCCCNC(=O)Nc1ccc(F)cc1N1CCN(CC=Cc2ccc(Cl)cc2)CC1. The highest BCUT2D eigenvalue weighted by Crippen LogP contribution is 2.28. The van der Waals surface area contributed by atoms with Gasteiger partial charge in [0, 0.05) is 58.0 Å². The van der Waals surface area contributed by atoms with Crippen LogP contribution in [-0.2, 0) is 4.74 Å². The van der Waals surface area contributed by atoms with Crippen LogP contribution in [0.5, 0.6) is 0 Å². The van der Waals surface area contributed by atoms with Crippen LogP contribution in [0.1, 0.15) is 12.0 Å². The Hall–Kier alpha value is -2.61. The molecule has 172 valence electrons. The summed E-state index contributed by atoms with van der Waals surface area (Å²) < 4.78 is 18.9. The summed E-state index contributed by atoms with van der Waals surface area (Å²) in [5.41, 5.74) is 2.42. The molecular formula is C24H30ClFN4O2. The number of benzene rings is 2. The predicted molar refractivity (Wildman–Crippen MR) is 129 cm³/mol. The van der Waals surface area contributed by atoms with Crippen LogP contribution in [0.4, 0.5) is 20.6 Å². The van der Waals surface area contributed by atoms with Gasteiger partial charge in [0.25, 0.3) is 0 Å². The number of nitrogens with zero attached hydrogens (tertiary/aromatic N) is 2. The first-order chi connectivity index (χ1) is 15.5. The summed E-state index contributed by atoms with van der Waals surface area (Å²) in [7, 11) is 1.63. The zero-order valence-electron chi connectivity index (χ0n) is 18.3. The van der Waals surface area contributed by atoms with Crippen LogP contribution in [0.2, 0.25) is 5.02 Å². The quantitative estimate of drug-likeness (QED) is 0.542. The van der Waals surface area contributed by atoms with E-state index < -0.39 is 0 Å². The molecule has 1 heterocycles. The fourth-order valence-corrected chi connectivity index (χ4v) is 3.67. The number of amides is 2. The first-order valence-corrected chi connectivity index (χ1v) is 11.2. The van der Waals surface area contributed by atoms with E-state index in [2.05, 4.69) is 32.6 Å². The van der Waals surface area contributed by atoms with Crippen molar-refractivity contribution in [3.63, 3.8) is 0 Å². The molecule has 0 saturated carbocycles. The second-order valence-corrected chi connectivity index (χ2v) is 8.07. The number of carbonyl (C=O) groups is 1. The monoisotopic (exact) mass is 460 g/mol. The smallest absolute Gasteiger partial charge is 0.319 e. The van der Waals surface area contributed by atoms with E-state index in [-0.39, 0.29) is 11.8 Å². The topological polar surface area (TPSA) is 56.8 Å². The van der Waals surface area contributed by atoms with Crippen LogP contribution >= 0.6 is 11.6 Å². The zero-order valence-corrected chi connectivity index (χ0v) is 19.1. The van der Waals surface area contributed by atoms with Gasteiger partial charge in [-0.15, -0.1) is 0 Å². The third kappa shape index (κ3) is 7.51. The maximum Gasteiger partial charge on any atom is 0.319 e. The Labute approximate surface area is 194 Å². The van der Waals surface area contributed by atoms with Gasteiger partial charge in [0.2, 0.25) is 0 Å². The molecule has 32 heavy (non-hydrogen) atoms. The van der Waals surface area contributed by atoms with Crippen LogP contribution in [0.15, 0.2) is 48.5 Å². The lowest BCUT2D eigenvalue weighted by molar-refractivity contribution is 0.194. The molecule has 0 spiro atoms. The van der Waals surface area contributed by atoms with Crippen molar-refractivity contribution in [1.29, 1.82) is 0 Å². The van der Waals surface area contributed by atoms with Gasteiger partial charge >= 0.3 is 6.03 Å². The Morgan fingerprint density at radius 2 is 1.91 bits per heavy atom. The van der Waals surface area contributed by atoms with E-state index in [1.165, 1.54) is 12.1 Å². The summed E-state index contributed by atoms with van der Waals surface area (Å²) in [5, 5.41) is 6.37. The lowest BCUT2D eigenvalue weighted by atomic mass is 10.2. The summed E-state index contributed by atoms with van der Waals surface area (Å²) in [6, 6.07) is 11.9. The zero-order chi connectivity index (χ0) is 22.8. The predicted octanol–water partition coefficient (Wildman–Crippen LogP) is 4.47. The number of halogens is 2. The molecule has 0 bridgehead atoms. The second kappa shape index (κ2) is 12.4. The maximum absolute atomic E-state index is 14.0. The molecule has 0 aromatic heterocycles. The molecule has 1 aliphatic heterocycles. The third-order valence-corrected chi connectivity index (χ3v) is 5.53. The number of nitrogens with one attached hydrogen (secondary N) is 2. The molecule has 1 fully saturated rings. The molecule has 3 rings (SSSR count). The van der Waals surface area contributed by atoms with Gasteiger partial charge in [-0.2, -0.15) is 0 Å². The molecule has 6 nitrogen and oxygen atoms in total. The Morgan fingerprint density at radius 1 is 1.16 bits per heavy atom. The fraction of sp³-hybridized carbons (Fsp3) is 0.375. The number of carbonyl (C=O) groups excluding carboxylic acids is 1. The van der Waals surface area contributed by atoms with Crippen molar-refractivity contribution in [3.8, 4) is 0 Å². The molecule has 0 atom stereocenters. The van der Waals surface area contributed by atoms with E-state index in [9.17, 15) is 9.18 Å². The fourth-order valence-electron chi connectivity index (χ4n) is 3.54. The van der Waals surface area contributed by atoms with E-state index >= 15 is 0 Å². The largest absolute Gasteiger partial charge is 0.385 e. The van der Waals surface area contributed by atoms with Crippen LogP contribution < -0.4 is 15.5 Å². The van der Waals surface area contributed by atoms with Gasteiger partial charge in [-0.3, -0.25) is 4.90 Å². The number of urea groups is 1. The highest BCUT2D eigenvalue weighted by atomic mass is 35.5. The van der Waals surface area contributed by atoms with Gasteiger partial charge < -0.3 is 20.3 Å². The molecular weight excluding hydrogens is 431 g/mol. The van der Waals surface area contributed by atoms with E-state index in [0.717, 1.165) is 49.7 Å². The van der Waals surface area contributed by atoms with Crippen LogP contribution in [0, 0.1) is 5.82 Å². The summed E-state index contributed by atoms with van der Waals surface area (Å²) in [6.45, 7) is 5.15. The van der Waals surface area contributed by atoms with E-state index in [0.29, 0.717) is 24.5 Å². The highest BCUT2D eigenvalue weighted by Gasteiger charge is 2.20. The van der Waals surface area contributed by atoms with Crippen molar-refractivity contribution >= 4 is 35.1 Å². The van der Waals surface area contributed by atoms with Crippen molar-refractivity contribution in [3.05, 3.63) is 64.9 Å². The van der Waals surface area contributed by atoms with E-state index in [1.807, 2.05) is 24.3 Å². The molecule has 2 aromatic rings. The van der Waals surface area contributed by atoms with Crippen LogP contribution in [0.25, 0.3) is 6.08 Å².